The molecule has 0 aromatic heterocycles. The number of nitrogens with one attached hydrogen (secondary N) is 1. The van der Waals surface area contributed by atoms with Crippen LogP contribution in [-0.4, -0.2) is 5.91 Å². The highest BCUT2D eigenvalue weighted by molar-refractivity contribution is 5.85. The van der Waals surface area contributed by atoms with E-state index in [1.807, 2.05) is 32.9 Å². The van der Waals surface area contributed by atoms with Crippen LogP contribution in [-0.2, 0) is 4.79 Å². The van der Waals surface area contributed by atoms with Crippen LogP contribution in [0.5, 0.6) is 5.75 Å². The molecule has 1 aliphatic rings. The number of carbonyl (C=O) groups excluding carboxylic acids is 1. The number of carbonyl (C=O) groups is 1. The summed E-state index contributed by atoms with van der Waals surface area (Å²) >= 11 is 0. The monoisotopic (exact) mass is 191 g/mol. The predicted octanol–water partition coefficient (Wildman–Crippen LogP) is 1.83. The van der Waals surface area contributed by atoms with E-state index in [9.17, 15) is 4.79 Å². The first-order valence-corrected chi connectivity index (χ1v) is 4.68. The van der Waals surface area contributed by atoms with E-state index in [4.69, 9.17) is 4.84 Å². The molecular weight excluding hydrogens is 178 g/mol. The summed E-state index contributed by atoms with van der Waals surface area (Å²) in [5.74, 6) is 0.560. The zero-order valence-corrected chi connectivity index (χ0v) is 8.55. The Balaban J connectivity index is 2.62. The fraction of sp³-hybridized carbons (Fsp3) is 0.364. The highest BCUT2D eigenvalue weighted by atomic mass is 16.7. The summed E-state index contributed by atoms with van der Waals surface area (Å²) in [6, 6.07) is 3.89. The zero-order valence-electron chi connectivity index (χ0n) is 8.55. The van der Waals surface area contributed by atoms with Gasteiger partial charge < -0.3 is 4.84 Å². The van der Waals surface area contributed by atoms with Gasteiger partial charge in [-0.25, -0.2) is 0 Å². The molecule has 1 aromatic rings. The maximum Gasteiger partial charge on any atom is 0.259 e. The minimum atomic E-state index is -0.126. The molecule has 1 amide bonds. The second-order valence-corrected chi connectivity index (χ2v) is 3.71. The molecule has 0 aliphatic carbocycles. The van der Waals surface area contributed by atoms with Crippen molar-refractivity contribution in [3.63, 3.8) is 0 Å². The lowest BCUT2D eigenvalue weighted by atomic mass is 9.91. The Morgan fingerprint density at radius 2 is 2.07 bits per heavy atom. The number of benzene rings is 1. The van der Waals surface area contributed by atoms with Crippen molar-refractivity contribution in [1.82, 2.24) is 5.48 Å². The summed E-state index contributed by atoms with van der Waals surface area (Å²) in [6.45, 7) is 5.95. The van der Waals surface area contributed by atoms with E-state index in [0.717, 1.165) is 16.9 Å². The molecule has 3 heteroatoms. The van der Waals surface area contributed by atoms with Crippen LogP contribution in [0.3, 0.4) is 0 Å². The molecule has 2 rings (SSSR count). The zero-order chi connectivity index (χ0) is 10.3. The molecule has 0 saturated heterocycles. The molecule has 3 nitrogen and oxygen atoms in total. The van der Waals surface area contributed by atoms with E-state index in [1.165, 1.54) is 5.56 Å². The molecule has 14 heavy (non-hydrogen) atoms. The van der Waals surface area contributed by atoms with Crippen LogP contribution >= 0.6 is 0 Å². The average molecular weight is 191 g/mol. The average Bonchev–Trinajstić information content (AvgIpc) is 2.17. The molecule has 1 heterocycles. The van der Waals surface area contributed by atoms with Gasteiger partial charge in [-0.15, -0.1) is 0 Å². The number of hydrogen-bond acceptors (Lipinski definition) is 2. The quantitative estimate of drug-likeness (QED) is 0.679. The third-order valence-electron chi connectivity index (χ3n) is 2.83. The first-order chi connectivity index (χ1) is 6.61. The first kappa shape index (κ1) is 9.06. The second-order valence-electron chi connectivity index (χ2n) is 3.71. The van der Waals surface area contributed by atoms with Crippen molar-refractivity contribution >= 4 is 5.91 Å². The van der Waals surface area contributed by atoms with Crippen LogP contribution in [0.1, 0.15) is 29.5 Å². The van der Waals surface area contributed by atoms with E-state index < -0.39 is 0 Å². The molecule has 0 radical (unpaired) electrons. The van der Waals surface area contributed by atoms with Crippen molar-refractivity contribution < 1.29 is 9.63 Å². The Morgan fingerprint density at radius 3 is 2.79 bits per heavy atom. The highest BCUT2D eigenvalue weighted by Crippen LogP contribution is 2.33. The van der Waals surface area contributed by atoms with Crippen LogP contribution in [0.4, 0.5) is 0 Å². The van der Waals surface area contributed by atoms with E-state index in [0.29, 0.717) is 0 Å². The van der Waals surface area contributed by atoms with Crippen LogP contribution in [0, 0.1) is 13.8 Å². The molecule has 1 aliphatic heterocycles. The van der Waals surface area contributed by atoms with Gasteiger partial charge in [-0.3, -0.25) is 4.79 Å². The van der Waals surface area contributed by atoms with Crippen molar-refractivity contribution in [2.45, 2.75) is 26.7 Å². The number of fused-ring (bicyclic) bond motifs is 1. The lowest BCUT2D eigenvalue weighted by Crippen LogP contribution is -2.36. The van der Waals surface area contributed by atoms with Gasteiger partial charge in [-0.1, -0.05) is 6.07 Å². The van der Waals surface area contributed by atoms with Gasteiger partial charge in [-0.05, 0) is 38.0 Å². The topological polar surface area (TPSA) is 38.3 Å². The van der Waals surface area contributed by atoms with Gasteiger partial charge in [0.15, 0.2) is 5.75 Å². The van der Waals surface area contributed by atoms with Crippen LogP contribution in [0.15, 0.2) is 12.1 Å². The molecule has 1 N–H and O–H groups in total. The van der Waals surface area contributed by atoms with Crippen molar-refractivity contribution in [2.24, 2.45) is 0 Å². The summed E-state index contributed by atoms with van der Waals surface area (Å²) in [7, 11) is 0. The van der Waals surface area contributed by atoms with Crippen LogP contribution in [0.2, 0.25) is 0 Å². The maximum absolute atomic E-state index is 11.4. The van der Waals surface area contributed by atoms with Gasteiger partial charge in [0.1, 0.15) is 0 Å². The van der Waals surface area contributed by atoms with Crippen LogP contribution in [0.25, 0.3) is 0 Å². The second kappa shape index (κ2) is 3.01. The van der Waals surface area contributed by atoms with Gasteiger partial charge in [0.05, 0.1) is 5.92 Å². The molecule has 0 bridgehead atoms. The summed E-state index contributed by atoms with van der Waals surface area (Å²) in [5, 5.41) is 0. The van der Waals surface area contributed by atoms with E-state index in [2.05, 4.69) is 5.48 Å². The molecule has 74 valence electrons. The number of hydroxylamine groups is 1. The number of aryl methyl sites for hydroxylation is 1. The number of rotatable bonds is 0. The Kier molecular flexibility index (Phi) is 1.95. The molecular formula is C11H13NO2. The Hall–Kier alpha value is -1.51. The minimum Gasteiger partial charge on any atom is -0.379 e. The third-order valence-corrected chi connectivity index (χ3v) is 2.83. The SMILES string of the molecule is Cc1ccc2c(c1C)C(C)C(=O)NO2. The number of amides is 1. The minimum absolute atomic E-state index is 0.0776. The maximum atomic E-state index is 11.4. The summed E-state index contributed by atoms with van der Waals surface area (Å²) < 4.78 is 0. The fourth-order valence-corrected chi connectivity index (χ4v) is 1.76. The molecule has 1 aromatic carbocycles. The Bertz CT molecular complexity index is 399. The van der Waals surface area contributed by atoms with Gasteiger partial charge in [0, 0.05) is 5.56 Å². The lowest BCUT2D eigenvalue weighted by Gasteiger charge is -2.24. The molecule has 1 atom stereocenters. The standard InChI is InChI=1S/C11H13NO2/c1-6-4-5-9-10(7(6)2)8(3)11(13)12-14-9/h4-5,8H,1-3H3,(H,12,13). The van der Waals surface area contributed by atoms with Crippen molar-refractivity contribution in [3.8, 4) is 5.75 Å². The Morgan fingerprint density at radius 1 is 1.36 bits per heavy atom. The first-order valence-electron chi connectivity index (χ1n) is 4.68. The van der Waals surface area contributed by atoms with Gasteiger partial charge >= 0.3 is 0 Å². The molecule has 0 fully saturated rings. The van der Waals surface area contributed by atoms with E-state index in [-0.39, 0.29) is 11.8 Å². The summed E-state index contributed by atoms with van der Waals surface area (Å²) in [4.78, 5) is 16.5. The van der Waals surface area contributed by atoms with E-state index >= 15 is 0 Å². The number of hydrogen-bond donors (Lipinski definition) is 1. The lowest BCUT2D eigenvalue weighted by molar-refractivity contribution is -0.130. The highest BCUT2D eigenvalue weighted by Gasteiger charge is 2.27. The fourth-order valence-electron chi connectivity index (χ4n) is 1.76. The predicted molar refractivity (Wildman–Crippen MR) is 53.1 cm³/mol. The van der Waals surface area contributed by atoms with E-state index in [1.54, 1.807) is 0 Å². The largest absolute Gasteiger partial charge is 0.379 e. The molecule has 0 saturated carbocycles. The van der Waals surface area contributed by atoms with Crippen LogP contribution < -0.4 is 10.3 Å². The molecule has 0 spiro atoms. The molecule has 1 unspecified atom stereocenters. The van der Waals surface area contributed by atoms with Crippen molar-refractivity contribution in [3.05, 3.63) is 28.8 Å². The van der Waals surface area contributed by atoms with Gasteiger partial charge in [0.25, 0.3) is 5.91 Å². The Labute approximate surface area is 83.0 Å². The normalized spacial score (nSPS) is 19.6. The smallest absolute Gasteiger partial charge is 0.259 e. The van der Waals surface area contributed by atoms with Crippen molar-refractivity contribution in [2.75, 3.05) is 0 Å². The van der Waals surface area contributed by atoms with Crippen molar-refractivity contribution in [1.29, 1.82) is 0 Å². The van der Waals surface area contributed by atoms with Gasteiger partial charge in [-0.2, -0.15) is 5.48 Å². The summed E-state index contributed by atoms with van der Waals surface area (Å²) in [5.41, 5.74) is 5.74. The van der Waals surface area contributed by atoms with Gasteiger partial charge in [0.2, 0.25) is 0 Å². The third kappa shape index (κ3) is 1.16. The summed E-state index contributed by atoms with van der Waals surface area (Å²) in [6.07, 6.45) is 0.